The number of hydrogen-bond acceptors (Lipinski definition) is 7. The summed E-state index contributed by atoms with van der Waals surface area (Å²) in [6, 6.07) is 5.27. The van der Waals surface area contributed by atoms with Gasteiger partial charge < -0.3 is 9.30 Å². The first kappa shape index (κ1) is 20.7. The van der Waals surface area contributed by atoms with E-state index in [0.717, 1.165) is 0 Å². The number of nitrogens with one attached hydrogen (secondary N) is 1. The van der Waals surface area contributed by atoms with Gasteiger partial charge in [-0.1, -0.05) is 23.4 Å². The lowest BCUT2D eigenvalue weighted by Crippen LogP contribution is -2.29. The number of benzene rings is 1. The van der Waals surface area contributed by atoms with E-state index in [4.69, 9.17) is 11.6 Å². The van der Waals surface area contributed by atoms with E-state index in [1.807, 2.05) is 6.92 Å². The molecule has 0 unspecified atom stereocenters. The number of carbonyl (C=O) groups excluding carboxylic acids is 1. The Morgan fingerprint density at radius 3 is 2.58 bits per heavy atom. The van der Waals surface area contributed by atoms with Gasteiger partial charge in [0.2, 0.25) is 10.0 Å². The summed E-state index contributed by atoms with van der Waals surface area (Å²) in [5, 5.41) is 9.09. The van der Waals surface area contributed by atoms with Gasteiger partial charge in [-0.15, -0.1) is 10.2 Å². The predicted octanol–water partition coefficient (Wildman–Crippen LogP) is 2.26. The van der Waals surface area contributed by atoms with E-state index in [0.29, 0.717) is 22.5 Å². The molecule has 8 nitrogen and oxygen atoms in total. The highest BCUT2D eigenvalue weighted by Gasteiger charge is 2.23. The van der Waals surface area contributed by atoms with Crippen LogP contribution in [0, 0.1) is 0 Å². The lowest BCUT2D eigenvalue weighted by Gasteiger charge is -2.15. The molecule has 2 rings (SSSR count). The van der Waals surface area contributed by atoms with Crippen LogP contribution in [0.25, 0.3) is 0 Å². The van der Waals surface area contributed by atoms with E-state index in [1.165, 1.54) is 43.1 Å². The smallest absolute Gasteiger partial charge is 0.316 e. The average Bonchev–Trinajstić information content (AvgIpc) is 3.02. The molecule has 1 heterocycles. The molecule has 142 valence electrons. The molecule has 1 N–H and O–H groups in total. The summed E-state index contributed by atoms with van der Waals surface area (Å²) in [5.74, 6) is 0.176. The van der Waals surface area contributed by atoms with Crippen molar-refractivity contribution in [3.05, 3.63) is 35.1 Å². The van der Waals surface area contributed by atoms with Gasteiger partial charge in [0.1, 0.15) is 0 Å². The van der Waals surface area contributed by atoms with Crippen LogP contribution in [0.15, 0.2) is 34.3 Å². The zero-order valence-electron chi connectivity index (χ0n) is 14.5. The third kappa shape index (κ3) is 4.97. The van der Waals surface area contributed by atoms with Crippen LogP contribution in [0.2, 0.25) is 5.02 Å². The predicted molar refractivity (Wildman–Crippen MR) is 98.6 cm³/mol. The monoisotopic (exact) mass is 418 g/mol. The minimum atomic E-state index is -3.74. The summed E-state index contributed by atoms with van der Waals surface area (Å²) in [4.78, 5) is 11.4. The van der Waals surface area contributed by atoms with Gasteiger partial charge in [0.05, 0.1) is 23.8 Å². The highest BCUT2D eigenvalue weighted by molar-refractivity contribution is 7.99. The van der Waals surface area contributed by atoms with Crippen molar-refractivity contribution in [2.24, 2.45) is 0 Å². The van der Waals surface area contributed by atoms with Crippen LogP contribution in [-0.4, -0.2) is 42.0 Å². The fourth-order valence-electron chi connectivity index (χ4n) is 2.17. The van der Waals surface area contributed by atoms with Crippen molar-refractivity contribution < 1.29 is 17.9 Å². The number of sulfonamides is 1. The van der Waals surface area contributed by atoms with E-state index in [1.54, 1.807) is 11.5 Å². The number of ether oxygens (including phenoxy) is 1. The molecule has 0 aliphatic carbocycles. The fourth-order valence-corrected chi connectivity index (χ4v) is 4.34. The van der Waals surface area contributed by atoms with Gasteiger partial charge >= 0.3 is 5.97 Å². The molecule has 0 aliphatic rings. The van der Waals surface area contributed by atoms with Crippen LogP contribution in [-0.2, 0) is 26.1 Å². The van der Waals surface area contributed by atoms with Crippen molar-refractivity contribution in [1.29, 1.82) is 0 Å². The minimum Gasteiger partial charge on any atom is -0.468 e. The second-order valence-corrected chi connectivity index (χ2v) is 8.34. The third-order valence-corrected chi connectivity index (χ3v) is 6.20. The Balaban J connectivity index is 2.18. The van der Waals surface area contributed by atoms with Gasteiger partial charge in [-0.05, 0) is 38.1 Å². The van der Waals surface area contributed by atoms with E-state index >= 15 is 0 Å². The SMILES string of the molecule is CCn1c(SCC(=O)OC)nnc1[C@@H](C)NS(=O)(=O)c1ccc(Cl)cc1. The maximum Gasteiger partial charge on any atom is 0.316 e. The average molecular weight is 419 g/mol. The molecule has 0 bridgehead atoms. The van der Waals surface area contributed by atoms with Crippen molar-refractivity contribution in [2.45, 2.75) is 36.5 Å². The molecule has 11 heteroatoms. The van der Waals surface area contributed by atoms with Gasteiger partial charge in [-0.3, -0.25) is 4.79 Å². The fraction of sp³-hybridized carbons (Fsp3) is 0.400. The zero-order valence-corrected chi connectivity index (χ0v) is 16.9. The summed E-state index contributed by atoms with van der Waals surface area (Å²) >= 11 is 6.98. The Bertz CT molecular complexity index is 868. The third-order valence-electron chi connectivity index (χ3n) is 3.45. The van der Waals surface area contributed by atoms with Crippen molar-refractivity contribution in [2.75, 3.05) is 12.9 Å². The first-order chi connectivity index (χ1) is 12.3. The van der Waals surface area contributed by atoms with Crippen LogP contribution in [0.3, 0.4) is 0 Å². The summed E-state index contributed by atoms with van der Waals surface area (Å²) < 4.78 is 34.0. The molecule has 1 atom stereocenters. The van der Waals surface area contributed by atoms with Gasteiger partial charge in [-0.25, -0.2) is 13.1 Å². The van der Waals surface area contributed by atoms with E-state index in [-0.39, 0.29) is 16.6 Å². The van der Waals surface area contributed by atoms with Crippen molar-refractivity contribution in [3.8, 4) is 0 Å². The summed E-state index contributed by atoms with van der Waals surface area (Å²) in [6.45, 7) is 4.09. The van der Waals surface area contributed by atoms with Gasteiger partial charge in [0, 0.05) is 11.6 Å². The quantitative estimate of drug-likeness (QED) is 0.518. The molecule has 1 aromatic heterocycles. The molecule has 2 aromatic rings. The number of rotatable bonds is 8. The number of carbonyl (C=O) groups is 1. The van der Waals surface area contributed by atoms with Crippen molar-refractivity contribution in [3.63, 3.8) is 0 Å². The molecule has 0 saturated carbocycles. The molecule has 1 aromatic carbocycles. The summed E-state index contributed by atoms with van der Waals surface area (Å²) in [6.07, 6.45) is 0. The molecule has 0 saturated heterocycles. The van der Waals surface area contributed by atoms with Crippen molar-refractivity contribution in [1.82, 2.24) is 19.5 Å². The molecule has 0 spiro atoms. The maximum atomic E-state index is 12.5. The second-order valence-electron chi connectivity index (χ2n) is 5.25. The van der Waals surface area contributed by atoms with Gasteiger partial charge in [-0.2, -0.15) is 0 Å². The van der Waals surface area contributed by atoms with Crippen LogP contribution < -0.4 is 4.72 Å². The zero-order chi connectivity index (χ0) is 19.3. The molecular formula is C15H19ClN4O4S2. The lowest BCUT2D eigenvalue weighted by molar-refractivity contribution is -0.137. The first-order valence-electron chi connectivity index (χ1n) is 7.69. The van der Waals surface area contributed by atoms with Crippen LogP contribution in [0.4, 0.5) is 0 Å². The Morgan fingerprint density at radius 2 is 2.00 bits per heavy atom. The maximum absolute atomic E-state index is 12.5. The molecular weight excluding hydrogens is 400 g/mol. The first-order valence-corrected chi connectivity index (χ1v) is 10.5. The van der Waals surface area contributed by atoms with E-state index in [9.17, 15) is 13.2 Å². The second kappa shape index (κ2) is 8.85. The van der Waals surface area contributed by atoms with E-state index in [2.05, 4.69) is 19.7 Å². The Morgan fingerprint density at radius 1 is 1.35 bits per heavy atom. The number of hydrogen-bond donors (Lipinski definition) is 1. The molecule has 26 heavy (non-hydrogen) atoms. The van der Waals surface area contributed by atoms with Gasteiger partial charge in [0.25, 0.3) is 0 Å². The summed E-state index contributed by atoms with van der Waals surface area (Å²) in [7, 11) is -2.43. The minimum absolute atomic E-state index is 0.0967. The normalized spacial score (nSPS) is 12.8. The van der Waals surface area contributed by atoms with Crippen molar-refractivity contribution >= 4 is 39.4 Å². The number of halogens is 1. The summed E-state index contributed by atoms with van der Waals surface area (Å²) in [5.41, 5.74) is 0. The van der Waals surface area contributed by atoms with Gasteiger partial charge in [0.15, 0.2) is 11.0 Å². The highest BCUT2D eigenvalue weighted by atomic mass is 35.5. The Hall–Kier alpha value is -1.62. The molecule has 0 fully saturated rings. The number of aromatic nitrogens is 3. The van der Waals surface area contributed by atoms with Crippen LogP contribution >= 0.6 is 23.4 Å². The molecule has 0 amide bonds. The number of nitrogens with zero attached hydrogens (tertiary/aromatic N) is 3. The number of esters is 1. The topological polar surface area (TPSA) is 103 Å². The van der Waals surface area contributed by atoms with Crippen LogP contribution in [0.5, 0.6) is 0 Å². The number of thioether (sulfide) groups is 1. The molecule has 0 radical (unpaired) electrons. The van der Waals surface area contributed by atoms with E-state index < -0.39 is 16.1 Å². The standard InChI is InChI=1S/C15H19ClN4O4S2/c1-4-20-14(17-18-15(20)25-9-13(21)24-3)10(2)19-26(22,23)12-7-5-11(16)6-8-12/h5-8,10,19H,4,9H2,1-3H3/t10-/m1/s1. The van der Waals surface area contributed by atoms with Crippen LogP contribution in [0.1, 0.15) is 25.7 Å². The Kier molecular flexibility index (Phi) is 7.04. The lowest BCUT2D eigenvalue weighted by atomic mass is 10.3. The highest BCUT2D eigenvalue weighted by Crippen LogP contribution is 2.22. The Labute approximate surface area is 161 Å². The number of methoxy groups -OCH3 is 1. The molecule has 0 aliphatic heterocycles. The largest absolute Gasteiger partial charge is 0.468 e.